The number of thiophene rings is 1. The van der Waals surface area contributed by atoms with E-state index in [0.717, 1.165) is 33.0 Å². The maximum atomic E-state index is 5.89. The smallest absolute Gasteiger partial charge is 0.197 e. The first-order valence-corrected chi connectivity index (χ1v) is 8.09. The normalized spacial score (nSPS) is 11.1. The van der Waals surface area contributed by atoms with Crippen molar-refractivity contribution in [2.75, 3.05) is 0 Å². The van der Waals surface area contributed by atoms with Crippen LogP contribution in [0.3, 0.4) is 0 Å². The maximum Gasteiger partial charge on any atom is 0.197 e. The first kappa shape index (κ1) is 13.4. The molecule has 1 N–H and O–H groups in total. The monoisotopic (exact) mass is 324 g/mol. The van der Waals surface area contributed by atoms with Crippen molar-refractivity contribution in [2.45, 2.75) is 6.92 Å². The lowest BCUT2D eigenvalue weighted by Gasteiger charge is -2.01. The van der Waals surface area contributed by atoms with Crippen LogP contribution in [0.1, 0.15) is 4.88 Å². The molecule has 0 amide bonds. The molecule has 22 heavy (non-hydrogen) atoms. The van der Waals surface area contributed by atoms with E-state index in [1.54, 1.807) is 11.3 Å². The zero-order valence-electron chi connectivity index (χ0n) is 11.8. The standard InChI is InChI=1S/C17H12N2OS2/c1-10-6-7-16(22-10)13-9-12(18-17(21)19-13)15-8-11-4-2-3-5-14(11)20-15/h2-9H,1H3,(H,18,19,21). The topological polar surface area (TPSA) is 41.8 Å². The zero-order chi connectivity index (χ0) is 15.1. The Morgan fingerprint density at radius 2 is 2.00 bits per heavy atom. The molecule has 3 nitrogen and oxygen atoms in total. The summed E-state index contributed by atoms with van der Waals surface area (Å²) in [4.78, 5) is 9.96. The molecule has 108 valence electrons. The predicted octanol–water partition coefficient (Wildman–Crippen LogP) is 5.59. The highest BCUT2D eigenvalue weighted by Crippen LogP contribution is 2.31. The molecule has 1 aromatic carbocycles. The molecular weight excluding hydrogens is 312 g/mol. The lowest BCUT2D eigenvalue weighted by Crippen LogP contribution is -1.89. The average molecular weight is 324 g/mol. The van der Waals surface area contributed by atoms with Crippen molar-refractivity contribution in [1.82, 2.24) is 9.97 Å². The Balaban J connectivity index is 1.88. The van der Waals surface area contributed by atoms with Gasteiger partial charge in [0.15, 0.2) is 10.5 Å². The minimum atomic E-state index is 0.457. The number of nitrogens with one attached hydrogen (secondary N) is 1. The van der Waals surface area contributed by atoms with Crippen LogP contribution in [0.25, 0.3) is 33.0 Å². The summed E-state index contributed by atoms with van der Waals surface area (Å²) in [6, 6.07) is 16.1. The first-order chi connectivity index (χ1) is 10.7. The molecule has 3 aromatic heterocycles. The number of aryl methyl sites for hydroxylation is 1. The number of H-pyrrole nitrogens is 1. The van der Waals surface area contributed by atoms with Crippen LogP contribution in [0.15, 0.2) is 52.9 Å². The second-order valence-electron chi connectivity index (χ2n) is 5.04. The number of fused-ring (bicyclic) bond motifs is 1. The molecule has 0 fully saturated rings. The highest BCUT2D eigenvalue weighted by Gasteiger charge is 2.10. The van der Waals surface area contributed by atoms with Gasteiger partial charge in [-0.3, -0.25) is 0 Å². The van der Waals surface area contributed by atoms with E-state index in [9.17, 15) is 0 Å². The van der Waals surface area contributed by atoms with Gasteiger partial charge in [-0.1, -0.05) is 18.2 Å². The van der Waals surface area contributed by atoms with Crippen LogP contribution in [0.4, 0.5) is 0 Å². The number of nitrogens with zero attached hydrogens (tertiary/aromatic N) is 1. The summed E-state index contributed by atoms with van der Waals surface area (Å²) in [5.41, 5.74) is 2.57. The zero-order valence-corrected chi connectivity index (χ0v) is 13.4. The highest BCUT2D eigenvalue weighted by atomic mass is 32.1. The molecule has 0 aliphatic carbocycles. The largest absolute Gasteiger partial charge is 0.454 e. The van der Waals surface area contributed by atoms with E-state index in [4.69, 9.17) is 16.6 Å². The number of hydrogen-bond donors (Lipinski definition) is 1. The molecule has 4 rings (SSSR count). The van der Waals surface area contributed by atoms with Crippen LogP contribution in [-0.4, -0.2) is 9.97 Å². The van der Waals surface area contributed by atoms with E-state index in [0.29, 0.717) is 4.77 Å². The van der Waals surface area contributed by atoms with E-state index in [2.05, 4.69) is 29.0 Å². The average Bonchev–Trinajstić information content (AvgIpc) is 3.12. The van der Waals surface area contributed by atoms with Crippen LogP contribution >= 0.6 is 23.6 Å². The van der Waals surface area contributed by atoms with Crippen molar-refractivity contribution in [1.29, 1.82) is 0 Å². The molecule has 3 heterocycles. The van der Waals surface area contributed by atoms with Gasteiger partial charge in [-0.05, 0) is 49.5 Å². The third-order valence-corrected chi connectivity index (χ3v) is 4.66. The third kappa shape index (κ3) is 2.38. The Hall–Kier alpha value is -2.24. The number of rotatable bonds is 2. The summed E-state index contributed by atoms with van der Waals surface area (Å²) in [7, 11) is 0. The molecule has 0 aliphatic rings. The molecule has 0 saturated carbocycles. The number of para-hydroxylation sites is 1. The second-order valence-corrected chi connectivity index (χ2v) is 6.72. The van der Waals surface area contributed by atoms with E-state index in [-0.39, 0.29) is 0 Å². The predicted molar refractivity (Wildman–Crippen MR) is 92.7 cm³/mol. The summed E-state index contributed by atoms with van der Waals surface area (Å²) in [6.07, 6.45) is 0. The van der Waals surface area contributed by atoms with Crippen LogP contribution in [0.2, 0.25) is 0 Å². The van der Waals surface area contributed by atoms with Gasteiger partial charge in [0.2, 0.25) is 0 Å². The number of furan rings is 1. The summed E-state index contributed by atoms with van der Waals surface area (Å²) in [5.74, 6) is 0.732. The van der Waals surface area contributed by atoms with Crippen molar-refractivity contribution >= 4 is 34.5 Å². The fourth-order valence-electron chi connectivity index (χ4n) is 2.40. The Bertz CT molecular complexity index is 993. The van der Waals surface area contributed by atoms with E-state index in [1.807, 2.05) is 36.4 Å². The van der Waals surface area contributed by atoms with Gasteiger partial charge < -0.3 is 9.40 Å². The Morgan fingerprint density at radius 3 is 2.77 bits per heavy atom. The molecule has 0 unspecified atom stereocenters. The van der Waals surface area contributed by atoms with Gasteiger partial charge in [0.1, 0.15) is 11.3 Å². The van der Waals surface area contributed by atoms with Crippen molar-refractivity contribution in [3.63, 3.8) is 0 Å². The Labute approximate surface area is 136 Å². The molecule has 4 aromatic rings. The Kier molecular flexibility index (Phi) is 3.17. The van der Waals surface area contributed by atoms with Crippen LogP contribution in [0.5, 0.6) is 0 Å². The lowest BCUT2D eigenvalue weighted by molar-refractivity contribution is 0.628. The van der Waals surface area contributed by atoms with Crippen molar-refractivity contribution in [3.05, 3.63) is 58.2 Å². The molecule has 0 radical (unpaired) electrons. The van der Waals surface area contributed by atoms with Gasteiger partial charge in [0.25, 0.3) is 0 Å². The van der Waals surface area contributed by atoms with Gasteiger partial charge in [-0.2, -0.15) is 0 Å². The summed E-state index contributed by atoms with van der Waals surface area (Å²) >= 11 is 6.99. The number of aromatic amines is 1. The molecule has 0 atom stereocenters. The highest BCUT2D eigenvalue weighted by molar-refractivity contribution is 7.71. The van der Waals surface area contributed by atoms with Crippen LogP contribution in [-0.2, 0) is 0 Å². The fraction of sp³-hybridized carbons (Fsp3) is 0.0588. The van der Waals surface area contributed by atoms with Gasteiger partial charge in [-0.15, -0.1) is 11.3 Å². The SMILES string of the molecule is Cc1ccc(-c2cc(-c3cc4ccccc4o3)nc(=S)[nH]2)s1. The minimum absolute atomic E-state index is 0.457. The summed E-state index contributed by atoms with van der Waals surface area (Å²) in [6.45, 7) is 2.09. The number of benzene rings is 1. The second kappa shape index (κ2) is 5.19. The van der Waals surface area contributed by atoms with Gasteiger partial charge >= 0.3 is 0 Å². The Morgan fingerprint density at radius 1 is 1.14 bits per heavy atom. The van der Waals surface area contributed by atoms with Crippen molar-refractivity contribution in [3.8, 4) is 22.0 Å². The number of hydrogen-bond acceptors (Lipinski definition) is 4. The molecule has 0 saturated heterocycles. The number of aromatic nitrogens is 2. The molecule has 0 bridgehead atoms. The van der Waals surface area contributed by atoms with Crippen LogP contribution in [0, 0.1) is 11.7 Å². The molecular formula is C17H12N2OS2. The van der Waals surface area contributed by atoms with Crippen LogP contribution < -0.4 is 0 Å². The van der Waals surface area contributed by atoms with Gasteiger partial charge in [0.05, 0.1) is 10.6 Å². The lowest BCUT2D eigenvalue weighted by atomic mass is 10.2. The summed E-state index contributed by atoms with van der Waals surface area (Å²) in [5, 5.41) is 1.06. The molecule has 0 aliphatic heterocycles. The molecule has 5 heteroatoms. The van der Waals surface area contributed by atoms with Crippen molar-refractivity contribution < 1.29 is 4.42 Å². The fourth-order valence-corrected chi connectivity index (χ4v) is 3.45. The maximum absolute atomic E-state index is 5.89. The quantitative estimate of drug-likeness (QED) is 0.489. The van der Waals surface area contributed by atoms with Gasteiger partial charge in [-0.25, -0.2) is 4.98 Å². The van der Waals surface area contributed by atoms with E-state index >= 15 is 0 Å². The molecule has 0 spiro atoms. The van der Waals surface area contributed by atoms with E-state index in [1.165, 1.54) is 4.88 Å². The summed E-state index contributed by atoms with van der Waals surface area (Å²) < 4.78 is 6.34. The first-order valence-electron chi connectivity index (χ1n) is 6.86. The minimum Gasteiger partial charge on any atom is -0.454 e. The van der Waals surface area contributed by atoms with E-state index < -0.39 is 0 Å². The van der Waals surface area contributed by atoms with Crippen molar-refractivity contribution in [2.24, 2.45) is 0 Å². The third-order valence-electron chi connectivity index (χ3n) is 3.43. The van der Waals surface area contributed by atoms with Gasteiger partial charge in [0, 0.05) is 10.3 Å².